The Balaban J connectivity index is 2.12. The normalized spacial score (nSPS) is 18.4. The third kappa shape index (κ3) is 3.01. The van der Waals surface area contributed by atoms with Crippen molar-refractivity contribution < 1.29 is 5.11 Å². The molecule has 5 heteroatoms. The lowest BCUT2D eigenvalue weighted by Crippen LogP contribution is -2.46. The molecule has 1 unspecified atom stereocenters. The average molecular weight is 275 g/mol. The monoisotopic (exact) mass is 274 g/mol. The van der Waals surface area contributed by atoms with E-state index in [9.17, 15) is 5.11 Å². The Morgan fingerprint density at radius 2 is 2.29 bits per heavy atom. The lowest BCUT2D eigenvalue weighted by Gasteiger charge is -2.41. The summed E-state index contributed by atoms with van der Waals surface area (Å²) in [4.78, 5) is 3.55. The van der Waals surface area contributed by atoms with Crippen LogP contribution < -0.4 is 5.73 Å². The largest absolute Gasteiger partial charge is 0.395 e. The van der Waals surface area contributed by atoms with Crippen molar-refractivity contribution in [2.24, 2.45) is 5.73 Å². The van der Waals surface area contributed by atoms with Crippen LogP contribution in [0.25, 0.3) is 0 Å². The summed E-state index contributed by atoms with van der Waals surface area (Å²) >= 11 is 7.57. The van der Waals surface area contributed by atoms with Gasteiger partial charge in [-0.15, -0.1) is 11.3 Å². The number of thiophene rings is 1. The first-order valence-electron chi connectivity index (χ1n) is 6.08. The van der Waals surface area contributed by atoms with E-state index in [1.54, 1.807) is 11.3 Å². The fourth-order valence-electron chi connectivity index (χ4n) is 2.35. The van der Waals surface area contributed by atoms with E-state index >= 15 is 0 Å². The molecule has 0 bridgehead atoms. The Kier molecular flexibility index (Phi) is 4.82. The number of nitrogens with zero attached hydrogens (tertiary/aromatic N) is 1. The van der Waals surface area contributed by atoms with Crippen LogP contribution in [0.2, 0.25) is 4.34 Å². The fraction of sp³-hybridized carbons (Fsp3) is 0.667. The van der Waals surface area contributed by atoms with Crippen LogP contribution in [0.4, 0.5) is 0 Å². The molecular formula is C12H19ClN2OS. The molecule has 0 amide bonds. The standard InChI is InChI=1S/C12H19ClN2OS/c13-12-5-4-11(17-12)10(8-14)15(6-7-16)9-2-1-3-9/h4-5,9-10,16H,1-3,6-8,14H2. The molecule has 3 nitrogen and oxygen atoms in total. The third-order valence-corrected chi connectivity index (χ3v) is 4.78. The predicted molar refractivity (Wildman–Crippen MR) is 72.6 cm³/mol. The summed E-state index contributed by atoms with van der Waals surface area (Å²) in [5.41, 5.74) is 5.90. The van der Waals surface area contributed by atoms with Crippen LogP contribution in [0.3, 0.4) is 0 Å². The van der Waals surface area contributed by atoms with Gasteiger partial charge in [-0.3, -0.25) is 4.90 Å². The second-order valence-corrected chi connectivity index (χ2v) is 6.19. The van der Waals surface area contributed by atoms with Gasteiger partial charge in [-0.05, 0) is 25.0 Å². The molecule has 3 N–H and O–H groups in total. The van der Waals surface area contributed by atoms with Crippen molar-refractivity contribution >= 4 is 22.9 Å². The van der Waals surface area contributed by atoms with Crippen LogP contribution >= 0.6 is 22.9 Å². The molecule has 1 heterocycles. The van der Waals surface area contributed by atoms with Gasteiger partial charge in [0.2, 0.25) is 0 Å². The number of aliphatic hydroxyl groups excluding tert-OH is 1. The van der Waals surface area contributed by atoms with Gasteiger partial charge in [-0.25, -0.2) is 0 Å². The number of rotatable bonds is 6. The zero-order valence-corrected chi connectivity index (χ0v) is 11.4. The first-order chi connectivity index (χ1) is 8.26. The van der Waals surface area contributed by atoms with E-state index in [1.807, 2.05) is 12.1 Å². The van der Waals surface area contributed by atoms with Gasteiger partial charge in [0, 0.05) is 24.0 Å². The highest BCUT2D eigenvalue weighted by Crippen LogP contribution is 2.35. The molecule has 0 aromatic carbocycles. The number of hydrogen-bond donors (Lipinski definition) is 2. The van der Waals surface area contributed by atoms with Crippen LogP contribution in [-0.4, -0.2) is 35.7 Å². The van der Waals surface area contributed by atoms with Crippen molar-refractivity contribution in [3.63, 3.8) is 0 Å². The molecule has 1 aromatic heterocycles. The number of aliphatic hydroxyl groups is 1. The van der Waals surface area contributed by atoms with Crippen LogP contribution in [0.15, 0.2) is 12.1 Å². The number of halogens is 1. The van der Waals surface area contributed by atoms with E-state index in [0.717, 1.165) is 4.34 Å². The lowest BCUT2D eigenvalue weighted by molar-refractivity contribution is 0.0636. The van der Waals surface area contributed by atoms with Crippen molar-refractivity contribution in [3.8, 4) is 0 Å². The first-order valence-corrected chi connectivity index (χ1v) is 7.27. The van der Waals surface area contributed by atoms with Crippen LogP contribution in [-0.2, 0) is 0 Å². The van der Waals surface area contributed by atoms with E-state index in [2.05, 4.69) is 4.90 Å². The summed E-state index contributed by atoms with van der Waals surface area (Å²) in [6.45, 7) is 1.46. The van der Waals surface area contributed by atoms with Gasteiger partial charge in [0.15, 0.2) is 0 Å². The van der Waals surface area contributed by atoms with Gasteiger partial charge in [0.1, 0.15) is 0 Å². The molecule has 0 aliphatic heterocycles. The minimum atomic E-state index is 0.187. The van der Waals surface area contributed by atoms with Gasteiger partial charge >= 0.3 is 0 Å². The summed E-state index contributed by atoms with van der Waals surface area (Å²) in [5.74, 6) is 0. The van der Waals surface area contributed by atoms with Crippen LogP contribution in [0.1, 0.15) is 30.2 Å². The zero-order chi connectivity index (χ0) is 12.3. The molecule has 1 saturated carbocycles. The summed E-state index contributed by atoms with van der Waals surface area (Å²) in [6.07, 6.45) is 3.72. The van der Waals surface area contributed by atoms with E-state index in [-0.39, 0.29) is 12.6 Å². The lowest BCUT2D eigenvalue weighted by atomic mass is 9.90. The highest BCUT2D eigenvalue weighted by atomic mass is 35.5. The van der Waals surface area contributed by atoms with Crippen LogP contribution in [0, 0.1) is 0 Å². The number of nitrogens with two attached hydrogens (primary N) is 1. The maximum Gasteiger partial charge on any atom is 0.0931 e. The summed E-state index contributed by atoms with van der Waals surface area (Å²) in [5, 5.41) is 9.20. The third-order valence-electron chi connectivity index (χ3n) is 3.45. The molecule has 17 heavy (non-hydrogen) atoms. The van der Waals surface area contributed by atoms with Gasteiger partial charge in [-0.2, -0.15) is 0 Å². The van der Waals surface area contributed by atoms with E-state index in [4.69, 9.17) is 17.3 Å². The van der Waals surface area contributed by atoms with Crippen molar-refractivity contribution in [3.05, 3.63) is 21.3 Å². The molecule has 1 aliphatic rings. The molecule has 96 valence electrons. The minimum absolute atomic E-state index is 0.187. The van der Waals surface area contributed by atoms with Gasteiger partial charge in [0.25, 0.3) is 0 Å². The minimum Gasteiger partial charge on any atom is -0.395 e. The molecule has 0 spiro atoms. The SMILES string of the molecule is NCC(c1ccc(Cl)s1)N(CCO)C1CCC1. The van der Waals surface area contributed by atoms with E-state index < -0.39 is 0 Å². The second-order valence-electron chi connectivity index (χ2n) is 4.44. The molecule has 1 atom stereocenters. The van der Waals surface area contributed by atoms with Gasteiger partial charge < -0.3 is 10.8 Å². The maximum atomic E-state index is 9.20. The summed E-state index contributed by atoms with van der Waals surface area (Å²) in [6, 6.07) is 4.75. The Labute approximate surface area is 111 Å². The predicted octanol–water partition coefficient (Wildman–Crippen LogP) is 2.25. The van der Waals surface area contributed by atoms with E-state index in [1.165, 1.54) is 24.1 Å². The van der Waals surface area contributed by atoms with Crippen molar-refractivity contribution in [1.82, 2.24) is 4.90 Å². The second kappa shape index (κ2) is 6.16. The van der Waals surface area contributed by atoms with E-state index in [0.29, 0.717) is 19.1 Å². The van der Waals surface area contributed by atoms with Crippen LogP contribution in [0.5, 0.6) is 0 Å². The summed E-state index contributed by atoms with van der Waals surface area (Å²) < 4.78 is 0.802. The average Bonchev–Trinajstić information content (AvgIpc) is 2.64. The quantitative estimate of drug-likeness (QED) is 0.837. The first kappa shape index (κ1) is 13.3. The van der Waals surface area contributed by atoms with Crippen molar-refractivity contribution in [2.45, 2.75) is 31.3 Å². The zero-order valence-electron chi connectivity index (χ0n) is 9.81. The molecular weight excluding hydrogens is 256 g/mol. The molecule has 1 aliphatic carbocycles. The highest BCUT2D eigenvalue weighted by Gasteiger charge is 2.30. The molecule has 1 fully saturated rings. The highest BCUT2D eigenvalue weighted by molar-refractivity contribution is 7.16. The van der Waals surface area contributed by atoms with Gasteiger partial charge in [0.05, 0.1) is 17.0 Å². The van der Waals surface area contributed by atoms with Crippen molar-refractivity contribution in [2.75, 3.05) is 19.7 Å². The fourth-order valence-corrected chi connectivity index (χ4v) is 3.54. The summed E-state index contributed by atoms with van der Waals surface area (Å²) in [7, 11) is 0. The molecule has 1 aromatic rings. The Hall–Kier alpha value is -0.130. The number of hydrogen-bond acceptors (Lipinski definition) is 4. The maximum absolute atomic E-state index is 9.20. The Morgan fingerprint density at radius 1 is 1.53 bits per heavy atom. The molecule has 0 saturated heterocycles. The Morgan fingerprint density at radius 3 is 2.71 bits per heavy atom. The topological polar surface area (TPSA) is 49.5 Å². The smallest absolute Gasteiger partial charge is 0.0931 e. The molecule has 2 rings (SSSR count). The Bertz CT molecular complexity index is 354. The van der Waals surface area contributed by atoms with Crippen molar-refractivity contribution in [1.29, 1.82) is 0 Å². The van der Waals surface area contributed by atoms with Gasteiger partial charge in [-0.1, -0.05) is 18.0 Å². The molecule has 0 radical (unpaired) electrons.